The Kier molecular flexibility index (Phi) is 4.19. The summed E-state index contributed by atoms with van der Waals surface area (Å²) < 4.78 is 31.0. The zero-order chi connectivity index (χ0) is 14.5. The van der Waals surface area contributed by atoms with Crippen molar-refractivity contribution in [1.82, 2.24) is 15.3 Å². The maximum absolute atomic E-state index is 13.4. The molecule has 0 radical (unpaired) electrons. The highest BCUT2D eigenvalue weighted by Crippen LogP contribution is 2.10. The summed E-state index contributed by atoms with van der Waals surface area (Å²) in [5.74, 6) is -1.64. The van der Waals surface area contributed by atoms with E-state index in [9.17, 15) is 13.6 Å². The molecule has 0 fully saturated rings. The molecule has 20 heavy (non-hydrogen) atoms. The van der Waals surface area contributed by atoms with E-state index in [-0.39, 0.29) is 23.7 Å². The van der Waals surface area contributed by atoms with Gasteiger partial charge in [-0.05, 0) is 6.07 Å². The first kappa shape index (κ1) is 13.9. The summed E-state index contributed by atoms with van der Waals surface area (Å²) in [4.78, 5) is 19.4. The van der Waals surface area contributed by atoms with Crippen molar-refractivity contribution >= 4 is 5.91 Å². The molecule has 1 aromatic carbocycles. The molecule has 0 saturated heterocycles. The van der Waals surface area contributed by atoms with Crippen LogP contribution in [0.1, 0.15) is 16.1 Å². The van der Waals surface area contributed by atoms with Crippen LogP contribution in [0.15, 0.2) is 30.6 Å². The number of carbonyl (C=O) groups is 1. The lowest BCUT2D eigenvalue weighted by atomic mass is 10.2. The minimum absolute atomic E-state index is 0.0722. The van der Waals surface area contributed by atoms with E-state index < -0.39 is 17.5 Å². The van der Waals surface area contributed by atoms with Crippen molar-refractivity contribution < 1.29 is 18.3 Å². The topological polar surface area (TPSA) is 64.1 Å². The second kappa shape index (κ2) is 6.05. The Hall–Kier alpha value is -2.57. The Morgan fingerprint density at radius 2 is 2.10 bits per heavy atom. The fourth-order valence-corrected chi connectivity index (χ4v) is 1.51. The average Bonchev–Trinajstić information content (AvgIpc) is 2.46. The van der Waals surface area contributed by atoms with Crippen LogP contribution in [-0.4, -0.2) is 23.0 Å². The molecule has 1 aromatic heterocycles. The standard InChI is InChI=1S/C13H11F2N3O2/c1-20-12-5-11(17-7-18-12)13(19)16-6-8-2-3-9(14)4-10(8)15/h2-5,7H,6H2,1H3,(H,16,19). The second-order valence-electron chi connectivity index (χ2n) is 3.86. The van der Waals surface area contributed by atoms with Gasteiger partial charge in [-0.2, -0.15) is 0 Å². The lowest BCUT2D eigenvalue weighted by Gasteiger charge is -2.06. The maximum atomic E-state index is 13.4. The average molecular weight is 279 g/mol. The molecule has 7 heteroatoms. The second-order valence-corrected chi connectivity index (χ2v) is 3.86. The van der Waals surface area contributed by atoms with E-state index in [4.69, 9.17) is 4.74 Å². The van der Waals surface area contributed by atoms with Gasteiger partial charge in [-0.3, -0.25) is 4.79 Å². The highest BCUT2D eigenvalue weighted by Gasteiger charge is 2.10. The van der Waals surface area contributed by atoms with Gasteiger partial charge in [0.2, 0.25) is 5.88 Å². The quantitative estimate of drug-likeness (QED) is 0.925. The first-order chi connectivity index (χ1) is 9.60. The molecule has 0 aliphatic rings. The number of hydrogen-bond donors (Lipinski definition) is 1. The number of amides is 1. The van der Waals surface area contributed by atoms with Gasteiger partial charge in [0.25, 0.3) is 5.91 Å². The molecule has 0 saturated carbocycles. The number of aromatic nitrogens is 2. The van der Waals surface area contributed by atoms with Crippen LogP contribution in [0.25, 0.3) is 0 Å². The lowest BCUT2D eigenvalue weighted by molar-refractivity contribution is 0.0945. The van der Waals surface area contributed by atoms with E-state index in [0.29, 0.717) is 0 Å². The predicted molar refractivity (Wildman–Crippen MR) is 66.1 cm³/mol. The number of hydrogen-bond acceptors (Lipinski definition) is 4. The van der Waals surface area contributed by atoms with Gasteiger partial charge in [-0.15, -0.1) is 0 Å². The van der Waals surface area contributed by atoms with Crippen LogP contribution in [0.2, 0.25) is 0 Å². The van der Waals surface area contributed by atoms with Gasteiger partial charge in [0.1, 0.15) is 23.7 Å². The fraction of sp³-hybridized carbons (Fsp3) is 0.154. The summed E-state index contributed by atoms with van der Waals surface area (Å²) in [6.07, 6.45) is 1.19. The first-order valence-corrected chi connectivity index (χ1v) is 5.68. The van der Waals surface area contributed by atoms with Crippen molar-refractivity contribution in [3.63, 3.8) is 0 Å². The number of rotatable bonds is 4. The zero-order valence-electron chi connectivity index (χ0n) is 10.6. The highest BCUT2D eigenvalue weighted by molar-refractivity contribution is 5.92. The lowest BCUT2D eigenvalue weighted by Crippen LogP contribution is -2.24. The minimum Gasteiger partial charge on any atom is -0.481 e. The fourth-order valence-electron chi connectivity index (χ4n) is 1.51. The molecule has 1 heterocycles. The van der Waals surface area contributed by atoms with Crippen molar-refractivity contribution in [2.24, 2.45) is 0 Å². The number of nitrogens with one attached hydrogen (secondary N) is 1. The van der Waals surface area contributed by atoms with Crippen molar-refractivity contribution in [3.8, 4) is 5.88 Å². The van der Waals surface area contributed by atoms with E-state index in [1.54, 1.807) is 0 Å². The predicted octanol–water partition coefficient (Wildman–Crippen LogP) is 1.69. The third-order valence-electron chi connectivity index (χ3n) is 2.54. The van der Waals surface area contributed by atoms with Crippen molar-refractivity contribution in [2.75, 3.05) is 7.11 Å². The third-order valence-corrected chi connectivity index (χ3v) is 2.54. The van der Waals surface area contributed by atoms with E-state index in [0.717, 1.165) is 12.1 Å². The SMILES string of the molecule is COc1cc(C(=O)NCc2ccc(F)cc2F)ncn1. The number of benzene rings is 1. The van der Waals surface area contributed by atoms with Gasteiger partial charge in [-0.25, -0.2) is 18.7 Å². The molecule has 0 atom stereocenters. The van der Waals surface area contributed by atoms with E-state index in [1.807, 2.05) is 0 Å². The summed E-state index contributed by atoms with van der Waals surface area (Å²) >= 11 is 0. The summed E-state index contributed by atoms with van der Waals surface area (Å²) in [6.45, 7) is -0.0722. The Balaban J connectivity index is 2.04. The summed E-state index contributed by atoms with van der Waals surface area (Å²) in [5, 5.41) is 2.48. The van der Waals surface area contributed by atoms with E-state index in [1.165, 1.54) is 25.6 Å². The van der Waals surface area contributed by atoms with Crippen LogP contribution in [0.4, 0.5) is 8.78 Å². The Morgan fingerprint density at radius 3 is 2.80 bits per heavy atom. The van der Waals surface area contributed by atoms with Crippen LogP contribution >= 0.6 is 0 Å². The van der Waals surface area contributed by atoms with Crippen LogP contribution in [0.5, 0.6) is 5.88 Å². The molecule has 0 unspecified atom stereocenters. The van der Waals surface area contributed by atoms with Crippen molar-refractivity contribution in [3.05, 3.63) is 53.5 Å². The molecule has 1 N–H and O–H groups in total. The van der Waals surface area contributed by atoms with Gasteiger partial charge >= 0.3 is 0 Å². The van der Waals surface area contributed by atoms with Gasteiger partial charge in [0.15, 0.2) is 0 Å². The van der Waals surface area contributed by atoms with Crippen LogP contribution in [0.3, 0.4) is 0 Å². The van der Waals surface area contributed by atoms with Crippen LogP contribution in [0, 0.1) is 11.6 Å². The Bertz CT molecular complexity index is 635. The molecule has 2 rings (SSSR count). The van der Waals surface area contributed by atoms with Gasteiger partial charge in [0, 0.05) is 24.2 Å². The highest BCUT2D eigenvalue weighted by atomic mass is 19.1. The molecule has 104 valence electrons. The molecule has 0 spiro atoms. The monoisotopic (exact) mass is 279 g/mol. The maximum Gasteiger partial charge on any atom is 0.270 e. The summed E-state index contributed by atoms with van der Waals surface area (Å²) in [5.41, 5.74) is 0.278. The van der Waals surface area contributed by atoms with Gasteiger partial charge in [-0.1, -0.05) is 6.07 Å². The number of nitrogens with zero attached hydrogens (tertiary/aromatic N) is 2. The number of halogens is 2. The zero-order valence-corrected chi connectivity index (χ0v) is 10.6. The molecule has 0 aliphatic heterocycles. The number of carbonyl (C=O) groups excluding carboxylic acids is 1. The molecule has 2 aromatic rings. The number of methoxy groups -OCH3 is 1. The molecular formula is C13H11F2N3O2. The largest absolute Gasteiger partial charge is 0.481 e. The summed E-state index contributed by atoms with van der Waals surface area (Å²) in [7, 11) is 1.41. The molecule has 1 amide bonds. The molecule has 5 nitrogen and oxygen atoms in total. The minimum atomic E-state index is -0.717. The van der Waals surface area contributed by atoms with Crippen LogP contribution < -0.4 is 10.1 Å². The number of ether oxygens (including phenoxy) is 1. The molecule has 0 bridgehead atoms. The Morgan fingerprint density at radius 1 is 1.30 bits per heavy atom. The summed E-state index contributed by atoms with van der Waals surface area (Å²) in [6, 6.07) is 4.51. The van der Waals surface area contributed by atoms with Gasteiger partial charge in [0.05, 0.1) is 7.11 Å². The third kappa shape index (κ3) is 3.25. The smallest absolute Gasteiger partial charge is 0.270 e. The van der Waals surface area contributed by atoms with E-state index >= 15 is 0 Å². The van der Waals surface area contributed by atoms with Gasteiger partial charge < -0.3 is 10.1 Å². The molecular weight excluding hydrogens is 268 g/mol. The first-order valence-electron chi connectivity index (χ1n) is 5.68. The van der Waals surface area contributed by atoms with Crippen molar-refractivity contribution in [1.29, 1.82) is 0 Å². The Labute approximate surface area is 113 Å². The van der Waals surface area contributed by atoms with E-state index in [2.05, 4.69) is 15.3 Å². The van der Waals surface area contributed by atoms with Crippen molar-refractivity contribution in [2.45, 2.75) is 6.54 Å². The normalized spacial score (nSPS) is 10.2. The van der Waals surface area contributed by atoms with Crippen LogP contribution in [-0.2, 0) is 6.54 Å². The molecule has 0 aliphatic carbocycles.